The molecule has 0 saturated heterocycles. The maximum absolute atomic E-state index is 13.3. The predicted octanol–water partition coefficient (Wildman–Crippen LogP) is 4.55. The van der Waals surface area contributed by atoms with Crippen molar-refractivity contribution in [3.63, 3.8) is 0 Å². The third-order valence-corrected chi connectivity index (χ3v) is 3.85. The second kappa shape index (κ2) is 4.69. The summed E-state index contributed by atoms with van der Waals surface area (Å²) in [5.41, 5.74) is 5.54. The summed E-state index contributed by atoms with van der Waals surface area (Å²) in [5.74, 6) is -0.141. The Labute approximate surface area is 113 Å². The number of hydrogen-bond donors (Lipinski definition) is 1. The molecule has 1 aliphatic heterocycles. The Balaban J connectivity index is 2.00. The highest BCUT2D eigenvalue weighted by Crippen LogP contribution is 2.30. The van der Waals surface area contributed by atoms with E-state index in [4.69, 9.17) is 0 Å². The van der Waals surface area contributed by atoms with Crippen LogP contribution in [0.5, 0.6) is 0 Å². The zero-order valence-corrected chi connectivity index (χ0v) is 11.3. The minimum Gasteiger partial charge on any atom is -0.382 e. The fourth-order valence-electron chi connectivity index (χ4n) is 2.65. The number of halogens is 1. The monoisotopic (exact) mass is 255 g/mol. The van der Waals surface area contributed by atoms with Gasteiger partial charge in [0.15, 0.2) is 0 Å². The smallest absolute Gasteiger partial charge is 0.126 e. The van der Waals surface area contributed by atoms with Crippen molar-refractivity contribution in [2.24, 2.45) is 0 Å². The van der Waals surface area contributed by atoms with Gasteiger partial charge in [0.05, 0.1) is 0 Å². The Morgan fingerprint density at radius 1 is 1.11 bits per heavy atom. The van der Waals surface area contributed by atoms with Gasteiger partial charge in [-0.3, -0.25) is 0 Å². The van der Waals surface area contributed by atoms with Gasteiger partial charge in [-0.25, -0.2) is 4.39 Å². The summed E-state index contributed by atoms with van der Waals surface area (Å²) in [7, 11) is 0. The summed E-state index contributed by atoms with van der Waals surface area (Å²) >= 11 is 0. The van der Waals surface area contributed by atoms with Crippen LogP contribution >= 0.6 is 0 Å². The molecule has 1 aliphatic rings. The van der Waals surface area contributed by atoms with Gasteiger partial charge in [-0.15, -0.1) is 0 Å². The number of rotatable bonds is 1. The molecule has 0 radical (unpaired) electrons. The molecule has 19 heavy (non-hydrogen) atoms. The molecule has 1 unspecified atom stereocenters. The van der Waals surface area contributed by atoms with Crippen molar-refractivity contribution in [2.45, 2.75) is 32.7 Å². The first-order valence-electron chi connectivity index (χ1n) is 6.79. The Morgan fingerprint density at radius 2 is 1.84 bits per heavy atom. The Kier molecular flexibility index (Phi) is 3.02. The molecular weight excluding hydrogens is 237 g/mol. The average Bonchev–Trinajstić information content (AvgIpc) is 2.41. The molecule has 0 spiro atoms. The van der Waals surface area contributed by atoms with Crippen molar-refractivity contribution < 1.29 is 4.39 Å². The molecule has 0 aliphatic carbocycles. The molecule has 2 aromatic carbocycles. The number of benzene rings is 2. The molecular formula is C17H18FN. The average molecular weight is 255 g/mol. The molecule has 0 fully saturated rings. The highest BCUT2D eigenvalue weighted by atomic mass is 19.1. The van der Waals surface area contributed by atoms with Gasteiger partial charge in [-0.1, -0.05) is 12.1 Å². The zero-order valence-electron chi connectivity index (χ0n) is 11.3. The van der Waals surface area contributed by atoms with E-state index in [0.29, 0.717) is 11.6 Å². The summed E-state index contributed by atoms with van der Waals surface area (Å²) in [4.78, 5) is 0. The van der Waals surface area contributed by atoms with E-state index in [9.17, 15) is 4.39 Å². The fraction of sp³-hybridized carbons (Fsp3) is 0.294. The van der Waals surface area contributed by atoms with E-state index in [-0.39, 0.29) is 5.82 Å². The summed E-state index contributed by atoms with van der Waals surface area (Å²) < 4.78 is 13.3. The number of nitrogens with one attached hydrogen (secondary N) is 1. The molecule has 1 atom stereocenters. The van der Waals surface area contributed by atoms with Crippen molar-refractivity contribution in [1.82, 2.24) is 0 Å². The Morgan fingerprint density at radius 3 is 2.63 bits per heavy atom. The Hall–Kier alpha value is -1.83. The van der Waals surface area contributed by atoms with Crippen LogP contribution in [0.25, 0.3) is 11.1 Å². The summed E-state index contributed by atoms with van der Waals surface area (Å²) in [6.45, 7) is 4.01. The molecule has 0 saturated carbocycles. The van der Waals surface area contributed by atoms with Crippen LogP contribution in [0.15, 0.2) is 36.4 Å². The molecule has 98 valence electrons. The number of hydrogen-bond acceptors (Lipinski definition) is 1. The number of aryl methyl sites for hydroxylation is 2. The van der Waals surface area contributed by atoms with E-state index in [1.54, 1.807) is 13.0 Å². The van der Waals surface area contributed by atoms with Crippen molar-refractivity contribution in [1.29, 1.82) is 0 Å². The standard InChI is InChI=1S/C17H18FN/c1-11-9-13(5-7-16(11)18)14-6-8-17-15(10-14)4-3-12(2)19-17/h5-10,12,19H,3-4H2,1-2H3. The molecule has 0 aromatic heterocycles. The molecule has 1 nitrogen and oxygen atoms in total. The molecule has 1 heterocycles. The minimum atomic E-state index is -0.141. The highest BCUT2D eigenvalue weighted by molar-refractivity contribution is 5.69. The van der Waals surface area contributed by atoms with E-state index in [0.717, 1.165) is 12.0 Å². The van der Waals surface area contributed by atoms with Crippen molar-refractivity contribution in [2.75, 3.05) is 5.32 Å². The highest BCUT2D eigenvalue weighted by Gasteiger charge is 2.14. The lowest BCUT2D eigenvalue weighted by atomic mass is 9.94. The van der Waals surface area contributed by atoms with Gasteiger partial charge < -0.3 is 5.32 Å². The van der Waals surface area contributed by atoms with Gasteiger partial charge in [-0.05, 0) is 73.2 Å². The lowest BCUT2D eigenvalue weighted by Gasteiger charge is -2.24. The van der Waals surface area contributed by atoms with Crippen LogP contribution in [0.3, 0.4) is 0 Å². The van der Waals surface area contributed by atoms with Crippen LogP contribution in [0.2, 0.25) is 0 Å². The minimum absolute atomic E-state index is 0.141. The summed E-state index contributed by atoms with van der Waals surface area (Å²) in [6, 6.07) is 12.3. The van der Waals surface area contributed by atoms with E-state index in [1.165, 1.54) is 23.2 Å². The SMILES string of the molecule is Cc1cc(-c2ccc3c(c2)CCC(C)N3)ccc1F. The van der Waals surface area contributed by atoms with Crippen LogP contribution in [-0.4, -0.2) is 6.04 Å². The van der Waals surface area contributed by atoms with Gasteiger partial charge in [0.2, 0.25) is 0 Å². The van der Waals surface area contributed by atoms with Crippen molar-refractivity contribution >= 4 is 5.69 Å². The molecule has 1 N–H and O–H groups in total. The van der Waals surface area contributed by atoms with E-state index < -0.39 is 0 Å². The fourth-order valence-corrected chi connectivity index (χ4v) is 2.65. The number of fused-ring (bicyclic) bond motifs is 1. The largest absolute Gasteiger partial charge is 0.382 e. The third kappa shape index (κ3) is 2.35. The normalized spacial score (nSPS) is 17.7. The predicted molar refractivity (Wildman–Crippen MR) is 78.0 cm³/mol. The molecule has 2 heteroatoms. The van der Waals surface area contributed by atoms with E-state index in [1.807, 2.05) is 12.1 Å². The van der Waals surface area contributed by atoms with E-state index >= 15 is 0 Å². The lowest BCUT2D eigenvalue weighted by Crippen LogP contribution is -2.21. The molecule has 2 aromatic rings. The van der Waals surface area contributed by atoms with Crippen molar-refractivity contribution in [3.05, 3.63) is 53.3 Å². The van der Waals surface area contributed by atoms with Crippen LogP contribution in [0.4, 0.5) is 10.1 Å². The first kappa shape index (κ1) is 12.2. The zero-order chi connectivity index (χ0) is 13.4. The first-order valence-corrected chi connectivity index (χ1v) is 6.79. The second-order valence-corrected chi connectivity index (χ2v) is 5.42. The summed E-state index contributed by atoms with van der Waals surface area (Å²) in [6.07, 6.45) is 2.27. The second-order valence-electron chi connectivity index (χ2n) is 5.42. The lowest BCUT2D eigenvalue weighted by molar-refractivity contribution is 0.619. The third-order valence-electron chi connectivity index (χ3n) is 3.85. The van der Waals surface area contributed by atoms with Crippen LogP contribution in [0.1, 0.15) is 24.5 Å². The Bertz CT molecular complexity index is 619. The van der Waals surface area contributed by atoms with Crippen LogP contribution in [-0.2, 0) is 6.42 Å². The van der Waals surface area contributed by atoms with Crippen molar-refractivity contribution in [3.8, 4) is 11.1 Å². The van der Waals surface area contributed by atoms with E-state index in [2.05, 4.69) is 30.4 Å². The van der Waals surface area contributed by atoms with Gasteiger partial charge in [0.25, 0.3) is 0 Å². The van der Waals surface area contributed by atoms with Crippen LogP contribution < -0.4 is 5.32 Å². The molecule has 3 rings (SSSR count). The maximum Gasteiger partial charge on any atom is 0.126 e. The molecule has 0 bridgehead atoms. The number of anilines is 1. The topological polar surface area (TPSA) is 12.0 Å². The van der Waals surface area contributed by atoms with Crippen LogP contribution in [0, 0.1) is 12.7 Å². The first-order chi connectivity index (χ1) is 9.13. The summed E-state index contributed by atoms with van der Waals surface area (Å²) in [5, 5.41) is 3.50. The van der Waals surface area contributed by atoms with Gasteiger partial charge in [0.1, 0.15) is 5.82 Å². The van der Waals surface area contributed by atoms with Gasteiger partial charge in [-0.2, -0.15) is 0 Å². The van der Waals surface area contributed by atoms with Gasteiger partial charge >= 0.3 is 0 Å². The maximum atomic E-state index is 13.3. The molecule has 0 amide bonds. The quantitative estimate of drug-likeness (QED) is 0.788. The van der Waals surface area contributed by atoms with Gasteiger partial charge in [0, 0.05) is 11.7 Å².